The minimum atomic E-state index is -0.789. The van der Waals surface area contributed by atoms with Crippen molar-refractivity contribution in [2.24, 2.45) is 0 Å². The van der Waals surface area contributed by atoms with Gasteiger partial charge in [0.15, 0.2) is 0 Å². The normalized spacial score (nSPS) is 9.27. The van der Waals surface area contributed by atoms with Gasteiger partial charge in [0, 0.05) is 18.7 Å². The Morgan fingerprint density at radius 2 is 2.33 bits per heavy atom. The average molecular weight is 204 g/mol. The molecular formula is C11H12N2O2. The molecule has 1 aromatic rings. The second kappa shape index (κ2) is 5.66. The predicted octanol–water partition coefficient (Wildman–Crippen LogP) is 1.83. The van der Waals surface area contributed by atoms with E-state index < -0.39 is 5.97 Å². The van der Waals surface area contributed by atoms with Gasteiger partial charge in [-0.15, -0.1) is 0 Å². The molecule has 4 heteroatoms. The van der Waals surface area contributed by atoms with Gasteiger partial charge in [0.05, 0.1) is 11.6 Å². The van der Waals surface area contributed by atoms with Gasteiger partial charge in [0.1, 0.15) is 0 Å². The van der Waals surface area contributed by atoms with Gasteiger partial charge in [-0.3, -0.25) is 4.79 Å². The quantitative estimate of drug-likeness (QED) is 0.718. The maximum atomic E-state index is 10.2. The molecule has 2 N–H and O–H groups in total. The lowest BCUT2D eigenvalue weighted by molar-refractivity contribution is -0.137. The maximum absolute atomic E-state index is 10.2. The monoisotopic (exact) mass is 204 g/mol. The summed E-state index contributed by atoms with van der Waals surface area (Å²) in [6.07, 6.45) is 0.733. The Morgan fingerprint density at radius 3 is 3.00 bits per heavy atom. The number of nitriles is 1. The number of carboxylic acids is 1. The number of anilines is 1. The molecule has 0 atom stereocenters. The van der Waals surface area contributed by atoms with Crippen molar-refractivity contribution >= 4 is 11.7 Å². The molecule has 0 aliphatic rings. The Morgan fingerprint density at radius 1 is 1.53 bits per heavy atom. The highest BCUT2D eigenvalue weighted by Gasteiger charge is 1.97. The van der Waals surface area contributed by atoms with Gasteiger partial charge in [-0.2, -0.15) is 5.26 Å². The van der Waals surface area contributed by atoms with Crippen LogP contribution in [-0.4, -0.2) is 17.6 Å². The summed E-state index contributed by atoms with van der Waals surface area (Å²) < 4.78 is 0. The van der Waals surface area contributed by atoms with Gasteiger partial charge in [-0.1, -0.05) is 6.07 Å². The maximum Gasteiger partial charge on any atom is 0.303 e. The fraction of sp³-hybridized carbons (Fsp3) is 0.273. The van der Waals surface area contributed by atoms with E-state index in [4.69, 9.17) is 10.4 Å². The van der Waals surface area contributed by atoms with Crippen molar-refractivity contribution in [3.8, 4) is 6.07 Å². The number of nitrogens with zero attached hydrogens (tertiary/aromatic N) is 1. The summed E-state index contributed by atoms with van der Waals surface area (Å²) in [6, 6.07) is 9.14. The number of benzene rings is 1. The zero-order valence-corrected chi connectivity index (χ0v) is 8.23. The van der Waals surface area contributed by atoms with E-state index in [9.17, 15) is 4.79 Å². The number of hydrogen-bond acceptors (Lipinski definition) is 3. The second-order valence-corrected chi connectivity index (χ2v) is 3.12. The molecule has 0 aliphatic carbocycles. The van der Waals surface area contributed by atoms with Crippen molar-refractivity contribution < 1.29 is 9.90 Å². The Kier molecular flexibility index (Phi) is 4.17. The predicted molar refractivity (Wildman–Crippen MR) is 56.5 cm³/mol. The van der Waals surface area contributed by atoms with Crippen molar-refractivity contribution in [3.63, 3.8) is 0 Å². The third-order valence-electron chi connectivity index (χ3n) is 1.89. The topological polar surface area (TPSA) is 73.1 Å². The Labute approximate surface area is 88.2 Å². The fourth-order valence-electron chi connectivity index (χ4n) is 1.17. The molecule has 0 aliphatic heterocycles. The minimum absolute atomic E-state index is 0.158. The van der Waals surface area contributed by atoms with E-state index >= 15 is 0 Å². The Hall–Kier alpha value is -2.02. The molecular weight excluding hydrogens is 192 g/mol. The van der Waals surface area contributed by atoms with Crippen LogP contribution >= 0.6 is 0 Å². The number of carboxylic acid groups (broad SMARTS) is 1. The molecule has 0 radical (unpaired) electrons. The summed E-state index contributed by atoms with van der Waals surface area (Å²) in [5, 5.41) is 20.1. The Balaban J connectivity index is 2.38. The van der Waals surface area contributed by atoms with Crippen LogP contribution in [0, 0.1) is 11.3 Å². The number of aliphatic carboxylic acids is 1. The summed E-state index contributed by atoms with van der Waals surface area (Å²) in [5.41, 5.74) is 1.44. The third kappa shape index (κ3) is 4.14. The van der Waals surface area contributed by atoms with Gasteiger partial charge in [0.2, 0.25) is 0 Å². The van der Waals surface area contributed by atoms with Crippen LogP contribution in [0.4, 0.5) is 5.69 Å². The van der Waals surface area contributed by atoms with Crippen LogP contribution in [-0.2, 0) is 4.79 Å². The van der Waals surface area contributed by atoms with E-state index in [0.29, 0.717) is 18.5 Å². The standard InChI is InChI=1S/C11H12N2O2/c12-8-9-3-1-4-10(7-9)13-6-2-5-11(14)15/h1,3-4,7,13H,2,5-6H2,(H,14,15). The van der Waals surface area contributed by atoms with Crippen molar-refractivity contribution in [3.05, 3.63) is 29.8 Å². The highest BCUT2D eigenvalue weighted by Crippen LogP contribution is 2.09. The third-order valence-corrected chi connectivity index (χ3v) is 1.89. The van der Waals surface area contributed by atoms with Crippen LogP contribution in [0.1, 0.15) is 18.4 Å². The molecule has 0 amide bonds. The lowest BCUT2D eigenvalue weighted by Gasteiger charge is -2.04. The highest BCUT2D eigenvalue weighted by atomic mass is 16.4. The van der Waals surface area contributed by atoms with Gasteiger partial charge >= 0.3 is 5.97 Å². The van der Waals surface area contributed by atoms with Crippen LogP contribution in [0.2, 0.25) is 0 Å². The molecule has 0 saturated heterocycles. The number of hydrogen-bond donors (Lipinski definition) is 2. The molecule has 0 spiro atoms. The molecule has 15 heavy (non-hydrogen) atoms. The van der Waals surface area contributed by atoms with E-state index in [1.54, 1.807) is 18.2 Å². The van der Waals surface area contributed by atoms with Crippen LogP contribution in [0.3, 0.4) is 0 Å². The molecule has 0 unspecified atom stereocenters. The number of nitrogens with one attached hydrogen (secondary N) is 1. The van der Waals surface area contributed by atoms with Crippen LogP contribution < -0.4 is 5.32 Å². The van der Waals surface area contributed by atoms with E-state index in [2.05, 4.69) is 5.32 Å². The van der Waals surface area contributed by atoms with Crippen LogP contribution in [0.15, 0.2) is 24.3 Å². The average Bonchev–Trinajstić information content (AvgIpc) is 2.24. The largest absolute Gasteiger partial charge is 0.481 e. The summed E-state index contributed by atoms with van der Waals surface area (Å²) in [4.78, 5) is 10.2. The SMILES string of the molecule is N#Cc1cccc(NCCCC(=O)O)c1. The van der Waals surface area contributed by atoms with Gasteiger partial charge < -0.3 is 10.4 Å². The minimum Gasteiger partial charge on any atom is -0.481 e. The first-order valence-electron chi connectivity index (χ1n) is 4.68. The summed E-state index contributed by atoms with van der Waals surface area (Å²) in [5.74, 6) is -0.789. The van der Waals surface area contributed by atoms with Crippen molar-refractivity contribution in [1.29, 1.82) is 5.26 Å². The summed E-state index contributed by atoms with van der Waals surface area (Å²) in [6.45, 7) is 0.598. The summed E-state index contributed by atoms with van der Waals surface area (Å²) in [7, 11) is 0. The lowest BCUT2D eigenvalue weighted by atomic mass is 10.2. The second-order valence-electron chi connectivity index (χ2n) is 3.12. The first-order chi connectivity index (χ1) is 7.22. The molecule has 0 bridgehead atoms. The first kappa shape index (κ1) is 11.1. The molecule has 1 rings (SSSR count). The van der Waals surface area contributed by atoms with Crippen LogP contribution in [0.25, 0.3) is 0 Å². The van der Waals surface area contributed by atoms with E-state index in [-0.39, 0.29) is 6.42 Å². The van der Waals surface area contributed by atoms with E-state index in [1.807, 2.05) is 12.1 Å². The molecule has 0 aromatic heterocycles. The fourth-order valence-corrected chi connectivity index (χ4v) is 1.17. The lowest BCUT2D eigenvalue weighted by Crippen LogP contribution is -2.04. The zero-order valence-electron chi connectivity index (χ0n) is 8.23. The molecule has 0 fully saturated rings. The first-order valence-corrected chi connectivity index (χ1v) is 4.68. The number of rotatable bonds is 5. The van der Waals surface area contributed by atoms with Gasteiger partial charge in [-0.05, 0) is 24.6 Å². The smallest absolute Gasteiger partial charge is 0.303 e. The van der Waals surface area contributed by atoms with Crippen LogP contribution in [0.5, 0.6) is 0 Å². The molecule has 4 nitrogen and oxygen atoms in total. The molecule has 0 heterocycles. The summed E-state index contributed by atoms with van der Waals surface area (Å²) >= 11 is 0. The zero-order chi connectivity index (χ0) is 11.1. The highest BCUT2D eigenvalue weighted by molar-refractivity contribution is 5.66. The number of carbonyl (C=O) groups is 1. The van der Waals surface area contributed by atoms with Crippen molar-refractivity contribution in [2.45, 2.75) is 12.8 Å². The Bertz CT molecular complexity index is 382. The van der Waals surface area contributed by atoms with Crippen molar-refractivity contribution in [2.75, 3.05) is 11.9 Å². The van der Waals surface area contributed by atoms with E-state index in [0.717, 1.165) is 5.69 Å². The van der Waals surface area contributed by atoms with Gasteiger partial charge in [-0.25, -0.2) is 0 Å². The van der Waals surface area contributed by atoms with E-state index in [1.165, 1.54) is 0 Å². The van der Waals surface area contributed by atoms with Crippen molar-refractivity contribution in [1.82, 2.24) is 0 Å². The molecule has 0 saturated carbocycles. The van der Waals surface area contributed by atoms with Gasteiger partial charge in [0.25, 0.3) is 0 Å². The molecule has 1 aromatic carbocycles. The molecule has 78 valence electrons.